The third-order valence-corrected chi connectivity index (χ3v) is 5.48. The average Bonchev–Trinajstić information content (AvgIpc) is 2.73. The number of alkyl halides is 3. The Morgan fingerprint density at radius 3 is 2.48 bits per heavy atom. The van der Waals surface area contributed by atoms with Gasteiger partial charge in [0.15, 0.2) is 5.96 Å². The van der Waals surface area contributed by atoms with Crippen LogP contribution in [0.5, 0.6) is 0 Å². The second-order valence-electron chi connectivity index (χ2n) is 7.88. The number of benzene rings is 1. The second kappa shape index (κ2) is 11.3. The predicted molar refractivity (Wildman–Crippen MR) is 124 cm³/mol. The standard InChI is InChI=1S/C20H29F3N6O.HI/c1-27(2)18(30)13-26-19(25-12-17-14-28-6-8-29(17)9-7-28)24-11-15-4-3-5-16(10-15)20(21,22)23;/h3-5,10,17H,6-9,11-14H2,1-2H3,(H2,24,25,26);1H. The molecule has 1 unspecified atom stereocenters. The molecule has 3 saturated heterocycles. The fraction of sp³-hybridized carbons (Fsp3) is 0.600. The molecular formula is C20H30F3IN6O. The molecule has 1 aromatic carbocycles. The number of likely N-dealkylation sites (N-methyl/N-ethyl adjacent to an activating group) is 1. The molecule has 0 saturated carbocycles. The first-order valence-electron chi connectivity index (χ1n) is 10.1. The molecule has 3 heterocycles. The minimum atomic E-state index is -4.39. The van der Waals surface area contributed by atoms with Gasteiger partial charge in [0.25, 0.3) is 0 Å². The van der Waals surface area contributed by atoms with Gasteiger partial charge in [0.1, 0.15) is 0 Å². The lowest BCUT2D eigenvalue weighted by Crippen LogP contribution is -2.64. The molecule has 0 aromatic heterocycles. The molecule has 3 aliphatic rings. The summed E-state index contributed by atoms with van der Waals surface area (Å²) in [6.45, 7) is 6.01. The molecule has 7 nitrogen and oxygen atoms in total. The van der Waals surface area contributed by atoms with Crippen LogP contribution in [0.15, 0.2) is 29.3 Å². The van der Waals surface area contributed by atoms with Crippen molar-refractivity contribution >= 4 is 35.8 Å². The van der Waals surface area contributed by atoms with Gasteiger partial charge in [-0.05, 0) is 17.7 Å². The topological polar surface area (TPSA) is 63.2 Å². The van der Waals surface area contributed by atoms with Crippen LogP contribution in [0.4, 0.5) is 13.2 Å². The number of halogens is 4. The average molecular weight is 554 g/mol. The van der Waals surface area contributed by atoms with Gasteiger partial charge in [-0.2, -0.15) is 13.2 Å². The molecule has 0 spiro atoms. The first-order valence-corrected chi connectivity index (χ1v) is 10.1. The Hall–Kier alpha value is -1.60. The number of hydrogen-bond acceptors (Lipinski definition) is 4. The fourth-order valence-electron chi connectivity index (χ4n) is 3.64. The highest BCUT2D eigenvalue weighted by Crippen LogP contribution is 2.29. The van der Waals surface area contributed by atoms with Crippen LogP contribution in [0.3, 0.4) is 0 Å². The summed E-state index contributed by atoms with van der Waals surface area (Å²) in [5, 5.41) is 6.25. The van der Waals surface area contributed by atoms with Crippen LogP contribution in [0.1, 0.15) is 11.1 Å². The molecule has 0 radical (unpaired) electrons. The van der Waals surface area contributed by atoms with E-state index >= 15 is 0 Å². The summed E-state index contributed by atoms with van der Waals surface area (Å²) in [5.41, 5.74) is -0.239. The summed E-state index contributed by atoms with van der Waals surface area (Å²) in [6, 6.07) is 5.48. The number of fused-ring (bicyclic) bond motifs is 3. The number of piperazine rings is 3. The van der Waals surface area contributed by atoms with E-state index in [0.29, 0.717) is 24.1 Å². The fourth-order valence-corrected chi connectivity index (χ4v) is 3.64. The molecular weight excluding hydrogens is 524 g/mol. The highest BCUT2D eigenvalue weighted by atomic mass is 127. The van der Waals surface area contributed by atoms with Crippen molar-refractivity contribution in [2.45, 2.75) is 18.8 Å². The second-order valence-corrected chi connectivity index (χ2v) is 7.88. The van der Waals surface area contributed by atoms with Crippen LogP contribution >= 0.6 is 24.0 Å². The summed E-state index contributed by atoms with van der Waals surface area (Å²) in [4.78, 5) is 22.7. The first-order chi connectivity index (χ1) is 14.2. The van der Waals surface area contributed by atoms with Gasteiger partial charge in [0, 0.05) is 59.4 Å². The minimum absolute atomic E-state index is 0. The van der Waals surface area contributed by atoms with Crippen LogP contribution in [-0.2, 0) is 17.5 Å². The van der Waals surface area contributed by atoms with Gasteiger partial charge in [-0.25, -0.2) is 4.99 Å². The molecule has 1 atom stereocenters. The van der Waals surface area contributed by atoms with Crippen LogP contribution in [0.2, 0.25) is 0 Å². The Bertz CT molecular complexity index is 766. The zero-order chi connectivity index (χ0) is 21.7. The smallest absolute Gasteiger partial charge is 0.355 e. The zero-order valence-electron chi connectivity index (χ0n) is 17.8. The molecule has 1 amide bonds. The van der Waals surface area contributed by atoms with Crippen molar-refractivity contribution in [1.29, 1.82) is 0 Å². The van der Waals surface area contributed by atoms with E-state index in [0.717, 1.165) is 44.9 Å². The lowest BCUT2D eigenvalue weighted by molar-refractivity contribution is -0.137. The molecule has 1 aromatic rings. The van der Waals surface area contributed by atoms with Gasteiger partial charge < -0.3 is 15.5 Å². The molecule has 11 heteroatoms. The maximum absolute atomic E-state index is 12.9. The number of amides is 1. The quantitative estimate of drug-likeness (QED) is 0.317. The number of nitrogens with one attached hydrogen (secondary N) is 2. The van der Waals surface area contributed by atoms with Crippen LogP contribution in [-0.4, -0.2) is 92.5 Å². The highest BCUT2D eigenvalue weighted by Gasteiger charge is 2.32. The van der Waals surface area contributed by atoms with Crippen LogP contribution < -0.4 is 10.6 Å². The van der Waals surface area contributed by atoms with E-state index in [1.807, 2.05) is 0 Å². The van der Waals surface area contributed by atoms with Crippen LogP contribution in [0.25, 0.3) is 0 Å². The molecule has 2 bridgehead atoms. The van der Waals surface area contributed by atoms with Gasteiger partial charge in [0.05, 0.1) is 18.7 Å². The number of carbonyl (C=O) groups is 1. The van der Waals surface area contributed by atoms with Crippen molar-refractivity contribution in [3.63, 3.8) is 0 Å². The summed E-state index contributed by atoms with van der Waals surface area (Å²) in [5.74, 6) is 0.301. The first kappa shape index (κ1) is 25.7. The van der Waals surface area contributed by atoms with Gasteiger partial charge >= 0.3 is 6.18 Å². The minimum Gasteiger partial charge on any atom is -0.355 e. The summed E-state index contributed by atoms with van der Waals surface area (Å²) in [7, 11) is 3.33. The van der Waals surface area contributed by atoms with Crippen molar-refractivity contribution in [2.75, 3.05) is 59.9 Å². The Morgan fingerprint density at radius 2 is 1.90 bits per heavy atom. The van der Waals surface area contributed by atoms with E-state index in [4.69, 9.17) is 0 Å². The molecule has 174 valence electrons. The SMILES string of the molecule is CN(C)C(=O)CNC(=NCc1cccc(C(F)(F)F)c1)NCC1CN2CCN1CC2.I. The Kier molecular flexibility index (Phi) is 9.37. The summed E-state index contributed by atoms with van der Waals surface area (Å²) >= 11 is 0. The third kappa shape index (κ3) is 7.49. The summed E-state index contributed by atoms with van der Waals surface area (Å²) < 4.78 is 38.8. The Morgan fingerprint density at radius 1 is 1.19 bits per heavy atom. The highest BCUT2D eigenvalue weighted by molar-refractivity contribution is 14.0. The van der Waals surface area contributed by atoms with Crippen molar-refractivity contribution in [3.05, 3.63) is 35.4 Å². The van der Waals surface area contributed by atoms with E-state index in [9.17, 15) is 18.0 Å². The Labute approximate surface area is 198 Å². The maximum atomic E-state index is 12.9. The van der Waals surface area contributed by atoms with E-state index in [1.165, 1.54) is 11.0 Å². The maximum Gasteiger partial charge on any atom is 0.416 e. The van der Waals surface area contributed by atoms with E-state index in [2.05, 4.69) is 25.4 Å². The molecule has 3 fully saturated rings. The molecule has 3 aliphatic heterocycles. The lowest BCUT2D eigenvalue weighted by Gasteiger charge is -2.47. The Balaban J connectivity index is 0.00000341. The number of aliphatic imine (C=N–C) groups is 1. The van der Waals surface area contributed by atoms with Crippen molar-refractivity contribution < 1.29 is 18.0 Å². The van der Waals surface area contributed by atoms with Gasteiger partial charge in [-0.3, -0.25) is 14.6 Å². The molecule has 4 rings (SSSR count). The van der Waals surface area contributed by atoms with Gasteiger partial charge in [-0.15, -0.1) is 24.0 Å². The van der Waals surface area contributed by atoms with Crippen molar-refractivity contribution in [1.82, 2.24) is 25.3 Å². The largest absolute Gasteiger partial charge is 0.416 e. The van der Waals surface area contributed by atoms with E-state index in [-0.39, 0.29) is 43.0 Å². The predicted octanol–water partition coefficient (Wildman–Crippen LogP) is 1.45. The normalized spacial score (nSPS) is 23.1. The molecule has 31 heavy (non-hydrogen) atoms. The van der Waals surface area contributed by atoms with Crippen molar-refractivity contribution in [3.8, 4) is 0 Å². The van der Waals surface area contributed by atoms with E-state index in [1.54, 1.807) is 20.2 Å². The van der Waals surface area contributed by atoms with Gasteiger partial charge in [0.2, 0.25) is 5.91 Å². The van der Waals surface area contributed by atoms with Crippen molar-refractivity contribution in [2.24, 2.45) is 4.99 Å². The summed E-state index contributed by atoms with van der Waals surface area (Å²) in [6.07, 6.45) is -4.39. The molecule has 0 aliphatic carbocycles. The number of nitrogens with zero attached hydrogens (tertiary/aromatic N) is 4. The number of hydrogen-bond donors (Lipinski definition) is 2. The molecule has 2 N–H and O–H groups in total. The number of carbonyl (C=O) groups excluding carboxylic acids is 1. The van der Waals surface area contributed by atoms with E-state index < -0.39 is 11.7 Å². The van der Waals surface area contributed by atoms with Gasteiger partial charge in [-0.1, -0.05) is 12.1 Å². The van der Waals surface area contributed by atoms with Crippen LogP contribution in [0, 0.1) is 0 Å². The number of guanidine groups is 1. The lowest BCUT2D eigenvalue weighted by atomic mass is 10.1. The third-order valence-electron chi connectivity index (χ3n) is 5.48. The monoisotopic (exact) mass is 554 g/mol. The number of rotatable bonds is 6. The zero-order valence-corrected chi connectivity index (χ0v) is 20.1.